The molecular formula is C10H7N3O. The van der Waals surface area contributed by atoms with Gasteiger partial charge in [0.25, 0.3) is 0 Å². The number of nitrogens with one attached hydrogen (secondary N) is 1. The van der Waals surface area contributed by atoms with Crippen LogP contribution in [0.4, 0.5) is 0 Å². The summed E-state index contributed by atoms with van der Waals surface area (Å²) in [6, 6.07) is 9.09. The van der Waals surface area contributed by atoms with Crippen molar-refractivity contribution in [3.05, 3.63) is 35.4 Å². The molecule has 1 amide bonds. The highest BCUT2D eigenvalue weighted by Gasteiger charge is 2.15. The van der Waals surface area contributed by atoms with Crippen molar-refractivity contribution < 1.29 is 4.79 Å². The second kappa shape index (κ2) is 3.30. The van der Waals surface area contributed by atoms with E-state index in [-0.39, 0.29) is 12.3 Å². The lowest BCUT2D eigenvalue weighted by atomic mass is 10.1. The van der Waals surface area contributed by atoms with Crippen LogP contribution in [0.15, 0.2) is 29.4 Å². The smallest absolute Gasteiger partial charge is 0.246 e. The van der Waals surface area contributed by atoms with Gasteiger partial charge >= 0.3 is 0 Å². The molecule has 14 heavy (non-hydrogen) atoms. The van der Waals surface area contributed by atoms with E-state index in [0.29, 0.717) is 11.3 Å². The van der Waals surface area contributed by atoms with E-state index in [2.05, 4.69) is 10.5 Å². The fraction of sp³-hybridized carbons (Fsp3) is 0.100. The lowest BCUT2D eigenvalue weighted by Gasteiger charge is -1.97. The molecule has 68 valence electrons. The molecule has 0 spiro atoms. The number of rotatable bonds is 1. The first-order chi connectivity index (χ1) is 6.79. The maximum atomic E-state index is 10.9. The Morgan fingerprint density at radius 1 is 1.50 bits per heavy atom. The molecule has 0 saturated heterocycles. The minimum Gasteiger partial charge on any atom is -0.273 e. The molecule has 2 rings (SSSR count). The third-order valence-corrected chi connectivity index (χ3v) is 1.97. The van der Waals surface area contributed by atoms with Crippen molar-refractivity contribution in [2.24, 2.45) is 5.10 Å². The number of hydrogen-bond acceptors (Lipinski definition) is 3. The second-order valence-electron chi connectivity index (χ2n) is 2.96. The maximum Gasteiger partial charge on any atom is 0.246 e. The van der Waals surface area contributed by atoms with Crippen LogP contribution in [0.5, 0.6) is 0 Å². The summed E-state index contributed by atoms with van der Waals surface area (Å²) in [6.45, 7) is 0. The number of amides is 1. The second-order valence-corrected chi connectivity index (χ2v) is 2.96. The Hall–Kier alpha value is -2.15. The molecule has 1 aliphatic rings. The van der Waals surface area contributed by atoms with Crippen LogP contribution in [0, 0.1) is 11.3 Å². The van der Waals surface area contributed by atoms with E-state index < -0.39 is 0 Å². The Bertz CT molecular complexity index is 457. The Morgan fingerprint density at radius 2 is 2.36 bits per heavy atom. The van der Waals surface area contributed by atoms with Gasteiger partial charge < -0.3 is 0 Å². The largest absolute Gasteiger partial charge is 0.273 e. The fourth-order valence-corrected chi connectivity index (χ4v) is 1.30. The Balaban J connectivity index is 2.34. The molecule has 1 heterocycles. The van der Waals surface area contributed by atoms with Crippen LogP contribution in [0.25, 0.3) is 0 Å². The van der Waals surface area contributed by atoms with Gasteiger partial charge in [-0.3, -0.25) is 4.79 Å². The highest BCUT2D eigenvalue weighted by atomic mass is 16.2. The zero-order chi connectivity index (χ0) is 9.97. The molecule has 1 aromatic carbocycles. The van der Waals surface area contributed by atoms with Crippen molar-refractivity contribution >= 4 is 11.6 Å². The molecule has 0 fully saturated rings. The lowest BCUT2D eigenvalue weighted by molar-refractivity contribution is -0.119. The highest BCUT2D eigenvalue weighted by molar-refractivity contribution is 6.13. The quantitative estimate of drug-likeness (QED) is 0.702. The van der Waals surface area contributed by atoms with E-state index in [4.69, 9.17) is 5.26 Å². The molecular weight excluding hydrogens is 178 g/mol. The van der Waals surface area contributed by atoms with Gasteiger partial charge in [-0.2, -0.15) is 10.4 Å². The van der Waals surface area contributed by atoms with Crippen LogP contribution >= 0.6 is 0 Å². The van der Waals surface area contributed by atoms with Gasteiger partial charge in [-0.15, -0.1) is 0 Å². The lowest BCUT2D eigenvalue weighted by Crippen LogP contribution is -2.09. The zero-order valence-electron chi connectivity index (χ0n) is 7.32. The number of benzene rings is 1. The molecule has 0 unspecified atom stereocenters. The summed E-state index contributed by atoms with van der Waals surface area (Å²) in [4.78, 5) is 10.9. The molecule has 0 aromatic heterocycles. The van der Waals surface area contributed by atoms with Crippen molar-refractivity contribution in [1.29, 1.82) is 5.26 Å². The molecule has 1 aromatic rings. The number of nitrogens with zero attached hydrogens (tertiary/aromatic N) is 2. The van der Waals surface area contributed by atoms with Gasteiger partial charge in [-0.05, 0) is 17.7 Å². The van der Waals surface area contributed by atoms with Crippen LogP contribution in [0.3, 0.4) is 0 Å². The van der Waals surface area contributed by atoms with Crippen molar-refractivity contribution in [3.63, 3.8) is 0 Å². The number of carbonyl (C=O) groups excluding carboxylic acids is 1. The Kier molecular flexibility index (Phi) is 1.99. The minimum atomic E-state index is -0.109. The molecule has 0 saturated carbocycles. The Morgan fingerprint density at radius 3 is 3.00 bits per heavy atom. The average Bonchev–Trinajstić information content (AvgIpc) is 2.65. The third-order valence-electron chi connectivity index (χ3n) is 1.97. The first-order valence-corrected chi connectivity index (χ1v) is 4.15. The zero-order valence-corrected chi connectivity index (χ0v) is 7.32. The van der Waals surface area contributed by atoms with Crippen LogP contribution < -0.4 is 5.43 Å². The summed E-state index contributed by atoms with van der Waals surface area (Å²) in [6.07, 6.45) is 0.287. The molecule has 1 aliphatic heterocycles. The van der Waals surface area contributed by atoms with E-state index in [9.17, 15) is 4.79 Å². The van der Waals surface area contributed by atoms with Gasteiger partial charge in [-0.1, -0.05) is 12.1 Å². The predicted molar refractivity (Wildman–Crippen MR) is 50.5 cm³/mol. The van der Waals surface area contributed by atoms with Gasteiger partial charge in [0.05, 0.1) is 23.8 Å². The highest BCUT2D eigenvalue weighted by Crippen LogP contribution is 2.10. The molecule has 4 heteroatoms. The molecule has 0 aliphatic carbocycles. The summed E-state index contributed by atoms with van der Waals surface area (Å²) in [7, 11) is 0. The number of hydrogen-bond donors (Lipinski definition) is 1. The standard InChI is InChI=1S/C10H7N3O/c11-6-7-2-1-3-8(4-7)9-5-10(14)13-12-9/h1-4H,5H2,(H,13,14). The van der Waals surface area contributed by atoms with Gasteiger partial charge in [0.15, 0.2) is 0 Å². The topological polar surface area (TPSA) is 65.2 Å². The first kappa shape index (κ1) is 8.45. The summed E-state index contributed by atoms with van der Waals surface area (Å²) in [5, 5.41) is 12.6. The number of nitriles is 1. The van der Waals surface area contributed by atoms with Crippen LogP contribution in [0.2, 0.25) is 0 Å². The van der Waals surface area contributed by atoms with Crippen molar-refractivity contribution in [2.75, 3.05) is 0 Å². The molecule has 4 nitrogen and oxygen atoms in total. The average molecular weight is 185 g/mol. The van der Waals surface area contributed by atoms with Gasteiger partial charge in [0.2, 0.25) is 5.91 Å². The van der Waals surface area contributed by atoms with Crippen molar-refractivity contribution in [1.82, 2.24) is 5.43 Å². The van der Waals surface area contributed by atoms with Crippen molar-refractivity contribution in [3.8, 4) is 6.07 Å². The van der Waals surface area contributed by atoms with E-state index >= 15 is 0 Å². The van der Waals surface area contributed by atoms with Gasteiger partial charge in [0.1, 0.15) is 0 Å². The van der Waals surface area contributed by atoms with Crippen LogP contribution in [-0.2, 0) is 4.79 Å². The van der Waals surface area contributed by atoms with E-state index in [1.165, 1.54) is 0 Å². The van der Waals surface area contributed by atoms with Crippen LogP contribution in [-0.4, -0.2) is 11.6 Å². The van der Waals surface area contributed by atoms with E-state index in [0.717, 1.165) is 5.56 Å². The maximum absolute atomic E-state index is 10.9. The van der Waals surface area contributed by atoms with Crippen molar-refractivity contribution in [2.45, 2.75) is 6.42 Å². The third kappa shape index (κ3) is 1.48. The predicted octanol–water partition coefficient (Wildman–Crippen LogP) is 0.782. The number of carbonyl (C=O) groups is 1. The normalized spacial score (nSPS) is 14.5. The monoisotopic (exact) mass is 185 g/mol. The molecule has 0 radical (unpaired) electrons. The SMILES string of the molecule is N#Cc1cccc(C2=NNC(=O)C2)c1. The molecule has 0 atom stereocenters. The number of hydrazone groups is 1. The van der Waals surface area contributed by atoms with Gasteiger partial charge in [0, 0.05) is 0 Å². The fourth-order valence-electron chi connectivity index (χ4n) is 1.30. The Labute approximate surface area is 80.9 Å². The molecule has 1 N–H and O–H groups in total. The summed E-state index contributed by atoms with van der Waals surface area (Å²) < 4.78 is 0. The van der Waals surface area contributed by atoms with E-state index in [1.54, 1.807) is 18.2 Å². The summed E-state index contributed by atoms with van der Waals surface area (Å²) in [5.74, 6) is -0.109. The van der Waals surface area contributed by atoms with Crippen LogP contribution in [0.1, 0.15) is 17.5 Å². The minimum absolute atomic E-state index is 0.109. The summed E-state index contributed by atoms with van der Waals surface area (Å²) in [5.41, 5.74) is 4.45. The first-order valence-electron chi connectivity index (χ1n) is 4.15. The molecule has 0 bridgehead atoms. The van der Waals surface area contributed by atoms with E-state index in [1.807, 2.05) is 12.1 Å². The van der Waals surface area contributed by atoms with Gasteiger partial charge in [-0.25, -0.2) is 5.43 Å². The summed E-state index contributed by atoms with van der Waals surface area (Å²) >= 11 is 0.